The van der Waals surface area contributed by atoms with E-state index >= 15 is 0 Å². The van der Waals surface area contributed by atoms with Crippen LogP contribution in [0.1, 0.15) is 50.4 Å². The van der Waals surface area contributed by atoms with Gasteiger partial charge in [-0.05, 0) is 96.8 Å². The molecule has 10 heteroatoms. The number of carbonyl (C=O) groups is 2. The van der Waals surface area contributed by atoms with Gasteiger partial charge in [0.1, 0.15) is 5.75 Å². The molecule has 0 spiro atoms. The van der Waals surface area contributed by atoms with Gasteiger partial charge in [-0.1, -0.05) is 35.9 Å². The van der Waals surface area contributed by atoms with E-state index in [1.807, 2.05) is 46.0 Å². The van der Waals surface area contributed by atoms with Crippen LogP contribution in [0.5, 0.6) is 5.75 Å². The van der Waals surface area contributed by atoms with Gasteiger partial charge in [-0.15, -0.1) is 0 Å². The minimum Gasteiger partial charge on any atom is -0.508 e. The van der Waals surface area contributed by atoms with Gasteiger partial charge < -0.3 is 19.3 Å². The molecule has 2 amide bonds. The Morgan fingerprint density at radius 3 is 2.48 bits per heavy atom. The van der Waals surface area contributed by atoms with Gasteiger partial charge in [0.05, 0.1) is 24.5 Å². The minimum atomic E-state index is -0.154. The first-order valence-electron chi connectivity index (χ1n) is 17.3. The highest BCUT2D eigenvalue weighted by atomic mass is 35.5. The summed E-state index contributed by atoms with van der Waals surface area (Å²) >= 11 is 8.22. The maximum Gasteiger partial charge on any atom is 0.264 e. The Hall–Kier alpha value is -4.41. The minimum absolute atomic E-state index is 0.00174. The van der Waals surface area contributed by atoms with E-state index in [0.717, 1.165) is 74.5 Å². The van der Waals surface area contributed by atoms with E-state index in [2.05, 4.69) is 27.7 Å². The topological polar surface area (TPSA) is 78.3 Å². The fourth-order valence-electron chi connectivity index (χ4n) is 7.71. The lowest BCUT2D eigenvalue weighted by Crippen LogP contribution is -2.52. The van der Waals surface area contributed by atoms with Crippen molar-refractivity contribution in [1.29, 1.82) is 0 Å². The standard InChI is InChI=1S/C40H39ClN4O4S/c41-29-8-13-34(39(47)44-24-28-6-2-1-5-27(28)21-32(44)25-42-16-18-49-19-17-42)35(22-29)38-23-36(37-7-3-4-15-43(37)38)40(48)45(31-14-20-50-26-31)30-9-11-33(46)12-10-30/h1-2,5-6,8-14,20,22-23,26,32,46H,3-4,7,15-19,21,24-25H2/t32-/m0/s1. The average molecular weight is 707 g/mol. The van der Waals surface area contributed by atoms with Gasteiger partial charge in [-0.25, -0.2) is 0 Å². The number of anilines is 2. The summed E-state index contributed by atoms with van der Waals surface area (Å²) in [5.74, 6) is -0.0516. The van der Waals surface area contributed by atoms with Gasteiger partial charge in [0.25, 0.3) is 11.8 Å². The molecule has 0 radical (unpaired) electrons. The number of nitrogens with zero attached hydrogens (tertiary/aromatic N) is 4. The molecular formula is C40H39ClN4O4S. The van der Waals surface area contributed by atoms with Crippen LogP contribution in [0.2, 0.25) is 5.02 Å². The van der Waals surface area contributed by atoms with Gasteiger partial charge in [0, 0.05) is 77.4 Å². The molecule has 0 bridgehead atoms. The van der Waals surface area contributed by atoms with E-state index in [-0.39, 0.29) is 23.6 Å². The average Bonchev–Trinajstić information content (AvgIpc) is 3.81. The molecule has 5 aromatic rings. The van der Waals surface area contributed by atoms with Crippen molar-refractivity contribution in [2.24, 2.45) is 0 Å². The molecule has 2 aromatic heterocycles. The van der Waals surface area contributed by atoms with Crippen LogP contribution in [0.25, 0.3) is 11.3 Å². The highest BCUT2D eigenvalue weighted by molar-refractivity contribution is 7.08. The molecule has 0 aliphatic carbocycles. The van der Waals surface area contributed by atoms with E-state index in [9.17, 15) is 14.7 Å². The molecule has 1 fully saturated rings. The Kier molecular flexibility index (Phi) is 9.23. The van der Waals surface area contributed by atoms with Gasteiger partial charge in [-0.2, -0.15) is 11.3 Å². The first-order chi connectivity index (χ1) is 24.4. The van der Waals surface area contributed by atoms with E-state index in [0.29, 0.717) is 41.6 Å². The number of hydrogen-bond donors (Lipinski definition) is 1. The number of fused-ring (bicyclic) bond motifs is 2. The monoisotopic (exact) mass is 706 g/mol. The van der Waals surface area contributed by atoms with Crippen molar-refractivity contribution in [2.75, 3.05) is 37.7 Å². The van der Waals surface area contributed by atoms with Crippen molar-refractivity contribution >= 4 is 46.1 Å². The number of amides is 2. The zero-order valence-electron chi connectivity index (χ0n) is 27.8. The third-order valence-corrected chi connectivity index (χ3v) is 11.1. The first-order valence-corrected chi connectivity index (χ1v) is 18.6. The van der Waals surface area contributed by atoms with Crippen LogP contribution in [0.4, 0.5) is 11.4 Å². The van der Waals surface area contributed by atoms with Gasteiger partial charge in [0.15, 0.2) is 0 Å². The number of phenols is 1. The molecule has 8 nitrogen and oxygen atoms in total. The molecule has 5 heterocycles. The molecule has 3 aliphatic heterocycles. The van der Waals surface area contributed by atoms with E-state index in [1.165, 1.54) is 22.5 Å². The number of thiophene rings is 1. The lowest BCUT2D eigenvalue weighted by Gasteiger charge is -2.40. The quantitative estimate of drug-likeness (QED) is 0.187. The van der Waals surface area contributed by atoms with Crippen molar-refractivity contribution < 1.29 is 19.4 Å². The van der Waals surface area contributed by atoms with E-state index in [1.54, 1.807) is 35.2 Å². The van der Waals surface area contributed by atoms with Crippen LogP contribution in [-0.2, 0) is 30.7 Å². The number of carbonyl (C=O) groups excluding carboxylic acids is 2. The van der Waals surface area contributed by atoms with Crippen LogP contribution < -0.4 is 4.90 Å². The van der Waals surface area contributed by atoms with Gasteiger partial charge >= 0.3 is 0 Å². The van der Waals surface area contributed by atoms with Gasteiger partial charge in [0.2, 0.25) is 0 Å². The number of morpholine rings is 1. The van der Waals surface area contributed by atoms with Crippen LogP contribution in [0, 0.1) is 0 Å². The highest BCUT2D eigenvalue weighted by Gasteiger charge is 2.35. The first kappa shape index (κ1) is 32.8. The second-order valence-electron chi connectivity index (χ2n) is 13.3. The molecule has 50 heavy (non-hydrogen) atoms. The van der Waals surface area contributed by atoms with Crippen molar-refractivity contribution in [1.82, 2.24) is 14.4 Å². The Bertz CT molecular complexity index is 2020. The number of phenolic OH excluding ortho intramolecular Hbond substituents is 1. The molecule has 3 aromatic carbocycles. The summed E-state index contributed by atoms with van der Waals surface area (Å²) in [7, 11) is 0. The van der Waals surface area contributed by atoms with Crippen molar-refractivity contribution in [3.63, 3.8) is 0 Å². The summed E-state index contributed by atoms with van der Waals surface area (Å²) in [4.78, 5) is 35.7. The van der Waals surface area contributed by atoms with Crippen LogP contribution in [-0.4, -0.2) is 70.2 Å². The maximum absolute atomic E-state index is 14.9. The Labute approximate surface area is 301 Å². The number of halogens is 1. The lowest BCUT2D eigenvalue weighted by molar-refractivity contribution is 0.0193. The zero-order chi connectivity index (χ0) is 34.2. The van der Waals surface area contributed by atoms with Crippen LogP contribution >= 0.6 is 22.9 Å². The van der Waals surface area contributed by atoms with Crippen LogP contribution in [0.3, 0.4) is 0 Å². The summed E-state index contributed by atoms with van der Waals surface area (Å²) in [5, 5.41) is 14.4. The molecule has 3 aliphatic rings. The Morgan fingerprint density at radius 1 is 0.900 bits per heavy atom. The third-order valence-electron chi connectivity index (χ3n) is 10.2. The van der Waals surface area contributed by atoms with E-state index in [4.69, 9.17) is 16.3 Å². The molecule has 8 rings (SSSR count). The van der Waals surface area contributed by atoms with E-state index < -0.39 is 0 Å². The Balaban J connectivity index is 1.20. The summed E-state index contributed by atoms with van der Waals surface area (Å²) < 4.78 is 7.84. The maximum atomic E-state index is 14.9. The predicted octanol–water partition coefficient (Wildman–Crippen LogP) is 7.79. The highest BCUT2D eigenvalue weighted by Crippen LogP contribution is 2.38. The molecule has 1 saturated heterocycles. The smallest absolute Gasteiger partial charge is 0.264 e. The molecule has 0 saturated carbocycles. The molecule has 0 unspecified atom stereocenters. The largest absolute Gasteiger partial charge is 0.508 e. The van der Waals surface area contributed by atoms with Gasteiger partial charge in [-0.3, -0.25) is 19.4 Å². The van der Waals surface area contributed by atoms with Crippen molar-refractivity contribution in [3.05, 3.63) is 123 Å². The number of ether oxygens (including phenoxy) is 1. The number of hydrogen-bond acceptors (Lipinski definition) is 6. The predicted molar refractivity (Wildman–Crippen MR) is 198 cm³/mol. The fraction of sp³-hybridized carbons (Fsp3) is 0.300. The van der Waals surface area contributed by atoms with Crippen molar-refractivity contribution in [2.45, 2.75) is 44.8 Å². The van der Waals surface area contributed by atoms with Crippen LogP contribution in [0.15, 0.2) is 89.6 Å². The molecule has 256 valence electrons. The Morgan fingerprint density at radius 2 is 1.70 bits per heavy atom. The number of aromatic hydroxyl groups is 1. The number of aromatic nitrogens is 1. The van der Waals surface area contributed by atoms with Crippen molar-refractivity contribution in [3.8, 4) is 17.0 Å². The second-order valence-corrected chi connectivity index (χ2v) is 14.5. The third kappa shape index (κ3) is 6.35. The lowest BCUT2D eigenvalue weighted by atomic mass is 9.92. The zero-order valence-corrected chi connectivity index (χ0v) is 29.3. The summed E-state index contributed by atoms with van der Waals surface area (Å²) in [5.41, 5.74) is 7.60. The summed E-state index contributed by atoms with van der Waals surface area (Å²) in [6, 6.07) is 24.5. The second kappa shape index (κ2) is 14.1. The molecule has 1 atom stereocenters. The number of benzene rings is 3. The molecule has 1 N–H and O–H groups in total. The fourth-order valence-corrected chi connectivity index (χ4v) is 8.51. The summed E-state index contributed by atoms with van der Waals surface area (Å²) in [6.45, 7) is 5.17. The molecular weight excluding hydrogens is 668 g/mol. The number of rotatable bonds is 7. The SMILES string of the molecule is O=C(c1cc(-c2cc(Cl)ccc2C(=O)N2Cc3ccccc3C[C@H]2CN2CCOCC2)n2c1CCCC2)N(c1ccc(O)cc1)c1ccsc1. The summed E-state index contributed by atoms with van der Waals surface area (Å²) in [6.07, 6.45) is 3.49. The normalized spacial score (nSPS) is 17.6.